The summed E-state index contributed by atoms with van der Waals surface area (Å²) >= 11 is 0. The lowest BCUT2D eigenvalue weighted by Gasteiger charge is -2.30. The van der Waals surface area contributed by atoms with Gasteiger partial charge in [-0.05, 0) is 69.3 Å². The van der Waals surface area contributed by atoms with E-state index >= 15 is 0 Å². The summed E-state index contributed by atoms with van der Waals surface area (Å²) in [6.45, 7) is 4.33. The molecule has 1 aliphatic heterocycles. The molecule has 1 amide bonds. The molecule has 0 saturated carbocycles. The number of halogens is 1. The van der Waals surface area contributed by atoms with Gasteiger partial charge >= 0.3 is 0 Å². The topological polar surface area (TPSA) is 89.7 Å². The molecule has 0 radical (unpaired) electrons. The number of likely N-dealkylation sites (tertiary alicyclic amines) is 1. The van der Waals surface area contributed by atoms with Crippen LogP contribution in [0.5, 0.6) is 11.5 Å². The number of benzene rings is 2. The van der Waals surface area contributed by atoms with Crippen molar-refractivity contribution < 1.29 is 23.2 Å². The number of aromatic nitrogens is 2. The molecule has 1 fully saturated rings. The fourth-order valence-electron chi connectivity index (χ4n) is 3.94. The summed E-state index contributed by atoms with van der Waals surface area (Å²) < 4.78 is 29.6. The maximum absolute atomic E-state index is 13.1. The number of rotatable bonds is 9. The molecule has 1 saturated heterocycles. The van der Waals surface area contributed by atoms with Gasteiger partial charge in [-0.1, -0.05) is 17.3 Å². The van der Waals surface area contributed by atoms with E-state index in [4.69, 9.17) is 14.0 Å². The Kier molecular flexibility index (Phi) is 7.74. The van der Waals surface area contributed by atoms with Crippen LogP contribution in [-0.2, 0) is 11.3 Å². The Morgan fingerprint density at radius 1 is 1.18 bits per heavy atom. The Bertz CT molecular complexity index is 1080. The lowest BCUT2D eigenvalue weighted by molar-refractivity contribution is -0.127. The second-order valence-corrected chi connectivity index (χ2v) is 8.44. The lowest BCUT2D eigenvalue weighted by Crippen LogP contribution is -2.44. The zero-order valence-corrected chi connectivity index (χ0v) is 19.4. The van der Waals surface area contributed by atoms with Crippen molar-refractivity contribution in [2.75, 3.05) is 26.8 Å². The highest BCUT2D eigenvalue weighted by Crippen LogP contribution is 2.26. The summed E-state index contributed by atoms with van der Waals surface area (Å²) in [7, 11) is 1.60. The molecule has 2 aromatic carbocycles. The number of ether oxygens (including phenoxy) is 2. The maximum Gasteiger partial charge on any atom is 0.241 e. The zero-order chi connectivity index (χ0) is 23.9. The van der Waals surface area contributed by atoms with Crippen LogP contribution in [0.2, 0.25) is 0 Å². The standard InChI is InChI=1S/C25H29FN4O4/c1-17(16-33-22-6-4-3-5-21(22)32-2)27-25(31)19-11-13-30(14-12-19)15-23-28-24(29-34-23)18-7-9-20(26)10-8-18/h3-10,17,19H,11-16H2,1-2H3,(H,27,31). The third-order valence-corrected chi connectivity index (χ3v) is 5.83. The Labute approximate surface area is 198 Å². The summed E-state index contributed by atoms with van der Waals surface area (Å²) in [5, 5.41) is 7.05. The quantitative estimate of drug-likeness (QED) is 0.512. The first-order valence-electron chi connectivity index (χ1n) is 11.4. The molecule has 9 heteroatoms. The SMILES string of the molecule is COc1ccccc1OCC(C)NC(=O)C1CCN(Cc2nc(-c3ccc(F)cc3)no2)CC1. The van der Waals surface area contributed by atoms with Gasteiger partial charge in [0, 0.05) is 11.5 Å². The minimum atomic E-state index is -0.308. The molecule has 0 aliphatic carbocycles. The fourth-order valence-corrected chi connectivity index (χ4v) is 3.94. The molecule has 3 aromatic rings. The molecule has 0 spiro atoms. The van der Waals surface area contributed by atoms with Gasteiger partial charge in [0.05, 0.1) is 19.7 Å². The molecular weight excluding hydrogens is 439 g/mol. The fraction of sp³-hybridized carbons (Fsp3) is 0.400. The average molecular weight is 469 g/mol. The Morgan fingerprint density at radius 2 is 1.88 bits per heavy atom. The first-order chi connectivity index (χ1) is 16.5. The molecular formula is C25H29FN4O4. The van der Waals surface area contributed by atoms with Gasteiger partial charge in [-0.3, -0.25) is 9.69 Å². The van der Waals surface area contributed by atoms with Crippen molar-refractivity contribution in [2.45, 2.75) is 32.4 Å². The van der Waals surface area contributed by atoms with E-state index in [0.717, 1.165) is 25.9 Å². The average Bonchev–Trinajstić information content (AvgIpc) is 3.32. The zero-order valence-electron chi connectivity index (χ0n) is 19.4. The van der Waals surface area contributed by atoms with Crippen molar-refractivity contribution in [3.8, 4) is 22.9 Å². The van der Waals surface area contributed by atoms with Crippen molar-refractivity contribution >= 4 is 5.91 Å². The van der Waals surface area contributed by atoms with Crippen LogP contribution >= 0.6 is 0 Å². The number of hydrogen-bond donors (Lipinski definition) is 1. The van der Waals surface area contributed by atoms with Crippen molar-refractivity contribution in [3.05, 3.63) is 60.2 Å². The third-order valence-electron chi connectivity index (χ3n) is 5.83. The van der Waals surface area contributed by atoms with Gasteiger partial charge in [0.25, 0.3) is 0 Å². The summed E-state index contributed by atoms with van der Waals surface area (Å²) in [6, 6.07) is 13.3. The summed E-state index contributed by atoms with van der Waals surface area (Å²) in [5.74, 6) is 1.97. The Morgan fingerprint density at radius 3 is 2.59 bits per heavy atom. The van der Waals surface area contributed by atoms with Crippen LogP contribution < -0.4 is 14.8 Å². The highest BCUT2D eigenvalue weighted by Gasteiger charge is 2.27. The smallest absolute Gasteiger partial charge is 0.241 e. The summed E-state index contributed by atoms with van der Waals surface area (Å²) in [4.78, 5) is 19.3. The summed E-state index contributed by atoms with van der Waals surface area (Å²) in [6.07, 6.45) is 1.51. The highest BCUT2D eigenvalue weighted by molar-refractivity contribution is 5.79. The van der Waals surface area contributed by atoms with Crippen molar-refractivity contribution in [1.29, 1.82) is 0 Å². The van der Waals surface area contributed by atoms with E-state index in [9.17, 15) is 9.18 Å². The molecule has 1 N–H and O–H groups in total. The number of methoxy groups -OCH3 is 1. The number of amides is 1. The number of para-hydroxylation sites is 2. The number of carbonyl (C=O) groups excluding carboxylic acids is 1. The minimum Gasteiger partial charge on any atom is -0.493 e. The predicted molar refractivity (Wildman–Crippen MR) is 124 cm³/mol. The van der Waals surface area contributed by atoms with Gasteiger partial charge in [0.15, 0.2) is 11.5 Å². The van der Waals surface area contributed by atoms with Gasteiger partial charge < -0.3 is 19.3 Å². The Balaban J connectivity index is 1.20. The maximum atomic E-state index is 13.1. The van der Waals surface area contributed by atoms with E-state index < -0.39 is 0 Å². The largest absolute Gasteiger partial charge is 0.493 e. The van der Waals surface area contributed by atoms with Crippen LogP contribution in [-0.4, -0.2) is 53.8 Å². The molecule has 4 rings (SSSR count). The minimum absolute atomic E-state index is 0.0394. The van der Waals surface area contributed by atoms with Crippen LogP contribution in [0.3, 0.4) is 0 Å². The molecule has 34 heavy (non-hydrogen) atoms. The molecule has 1 unspecified atom stereocenters. The first-order valence-corrected chi connectivity index (χ1v) is 11.4. The summed E-state index contributed by atoms with van der Waals surface area (Å²) in [5.41, 5.74) is 0.704. The van der Waals surface area contributed by atoms with Crippen LogP contribution in [0, 0.1) is 11.7 Å². The van der Waals surface area contributed by atoms with E-state index in [-0.39, 0.29) is 23.7 Å². The molecule has 1 atom stereocenters. The van der Waals surface area contributed by atoms with Gasteiger partial charge in [-0.15, -0.1) is 0 Å². The predicted octanol–water partition coefficient (Wildman–Crippen LogP) is 3.68. The molecule has 8 nitrogen and oxygen atoms in total. The van der Waals surface area contributed by atoms with E-state index in [1.807, 2.05) is 31.2 Å². The first kappa shape index (κ1) is 23.7. The number of nitrogens with one attached hydrogen (secondary N) is 1. The lowest BCUT2D eigenvalue weighted by atomic mass is 9.95. The van der Waals surface area contributed by atoms with Crippen molar-refractivity contribution in [2.24, 2.45) is 5.92 Å². The molecule has 0 bridgehead atoms. The molecule has 1 aliphatic rings. The van der Waals surface area contributed by atoms with Crippen molar-refractivity contribution in [1.82, 2.24) is 20.4 Å². The van der Waals surface area contributed by atoms with Gasteiger partial charge in [-0.2, -0.15) is 4.98 Å². The van der Waals surface area contributed by atoms with E-state index in [0.29, 0.717) is 41.9 Å². The van der Waals surface area contributed by atoms with Crippen LogP contribution in [0.4, 0.5) is 4.39 Å². The monoisotopic (exact) mass is 468 g/mol. The number of hydrogen-bond acceptors (Lipinski definition) is 7. The van der Waals surface area contributed by atoms with Gasteiger partial charge in [0.1, 0.15) is 12.4 Å². The van der Waals surface area contributed by atoms with Crippen LogP contribution in [0.25, 0.3) is 11.4 Å². The van der Waals surface area contributed by atoms with E-state index in [2.05, 4.69) is 20.4 Å². The van der Waals surface area contributed by atoms with Crippen molar-refractivity contribution in [3.63, 3.8) is 0 Å². The highest BCUT2D eigenvalue weighted by atomic mass is 19.1. The van der Waals surface area contributed by atoms with Crippen LogP contribution in [0.1, 0.15) is 25.7 Å². The van der Waals surface area contributed by atoms with E-state index in [1.54, 1.807) is 19.2 Å². The number of piperidine rings is 1. The second-order valence-electron chi connectivity index (χ2n) is 8.44. The number of nitrogens with zero attached hydrogens (tertiary/aromatic N) is 3. The van der Waals surface area contributed by atoms with Gasteiger partial charge in [0.2, 0.25) is 17.6 Å². The third kappa shape index (κ3) is 6.11. The Hall–Kier alpha value is -3.46. The normalized spacial score (nSPS) is 15.6. The molecule has 1 aromatic heterocycles. The van der Waals surface area contributed by atoms with Gasteiger partial charge in [-0.25, -0.2) is 4.39 Å². The second kappa shape index (κ2) is 11.1. The number of carbonyl (C=O) groups is 1. The molecule has 2 heterocycles. The molecule has 180 valence electrons. The van der Waals surface area contributed by atoms with Crippen LogP contribution in [0.15, 0.2) is 53.1 Å². The van der Waals surface area contributed by atoms with E-state index in [1.165, 1.54) is 12.1 Å².